The van der Waals surface area contributed by atoms with Crippen molar-refractivity contribution in [2.75, 3.05) is 19.1 Å². The summed E-state index contributed by atoms with van der Waals surface area (Å²) in [5, 5.41) is 1.54. The van der Waals surface area contributed by atoms with Gasteiger partial charge in [-0.2, -0.15) is 0 Å². The average molecular weight is 370 g/mol. The Kier molecular flexibility index (Phi) is 4.60. The molecule has 1 fully saturated rings. The highest BCUT2D eigenvalue weighted by Crippen LogP contribution is 2.24. The van der Waals surface area contributed by atoms with Crippen LogP contribution in [0.15, 0.2) is 53.8 Å². The largest absolute Gasteiger partial charge is 0.296 e. The number of carbonyl (C=O) groups is 3. The first-order valence-corrected chi connectivity index (χ1v) is 8.38. The zero-order valence-electron chi connectivity index (χ0n) is 14.6. The van der Waals surface area contributed by atoms with Crippen molar-refractivity contribution < 1.29 is 14.4 Å². The molecule has 0 unspecified atom stereocenters. The summed E-state index contributed by atoms with van der Waals surface area (Å²) in [5.74, 6) is -2.05. The highest BCUT2D eigenvalue weighted by Gasteiger charge is 2.37. The van der Waals surface area contributed by atoms with Gasteiger partial charge in [0.15, 0.2) is 5.11 Å². The van der Waals surface area contributed by atoms with Crippen LogP contribution < -0.4 is 10.4 Å². The van der Waals surface area contributed by atoms with E-state index in [2.05, 4.69) is 5.43 Å². The van der Waals surface area contributed by atoms with Gasteiger partial charge in [0.05, 0.1) is 11.6 Å². The number of amides is 3. The molecule has 7 nitrogen and oxygen atoms in total. The van der Waals surface area contributed by atoms with Crippen molar-refractivity contribution in [1.29, 1.82) is 0 Å². The molecule has 2 aliphatic rings. The van der Waals surface area contributed by atoms with Crippen LogP contribution in [0.5, 0.6) is 0 Å². The van der Waals surface area contributed by atoms with E-state index in [0.29, 0.717) is 5.69 Å². The third-order valence-corrected chi connectivity index (χ3v) is 4.78. The zero-order chi connectivity index (χ0) is 19.0. The highest BCUT2D eigenvalue weighted by molar-refractivity contribution is 7.80. The van der Waals surface area contributed by atoms with Crippen molar-refractivity contribution in [2.45, 2.75) is 6.92 Å². The molecule has 1 aromatic rings. The second-order valence-corrected chi connectivity index (χ2v) is 6.45. The summed E-state index contributed by atoms with van der Waals surface area (Å²) in [6, 6.07) is 9.10. The molecule has 0 bridgehead atoms. The molecule has 3 amide bonds. The van der Waals surface area contributed by atoms with Crippen LogP contribution in [0.4, 0.5) is 5.69 Å². The van der Waals surface area contributed by atoms with Crippen molar-refractivity contribution in [3.63, 3.8) is 0 Å². The number of para-hydroxylation sites is 1. The van der Waals surface area contributed by atoms with E-state index in [0.717, 1.165) is 5.70 Å². The van der Waals surface area contributed by atoms with Crippen LogP contribution in [0.3, 0.4) is 0 Å². The van der Waals surface area contributed by atoms with Crippen molar-refractivity contribution in [2.24, 2.45) is 5.92 Å². The molecule has 134 valence electrons. The molecule has 2 heterocycles. The van der Waals surface area contributed by atoms with E-state index in [-0.39, 0.29) is 16.6 Å². The van der Waals surface area contributed by atoms with Crippen molar-refractivity contribution in [3.05, 3.63) is 53.8 Å². The van der Waals surface area contributed by atoms with E-state index in [1.807, 2.05) is 25.1 Å². The molecule has 2 aliphatic heterocycles. The minimum Gasteiger partial charge on any atom is -0.296 e. The number of anilines is 1. The van der Waals surface area contributed by atoms with E-state index in [1.165, 1.54) is 35.0 Å². The molecule has 0 spiro atoms. The first-order chi connectivity index (χ1) is 12.3. The van der Waals surface area contributed by atoms with Gasteiger partial charge in [-0.3, -0.25) is 29.6 Å². The van der Waals surface area contributed by atoms with Gasteiger partial charge >= 0.3 is 0 Å². The number of nitrogens with one attached hydrogen (secondary N) is 1. The Bertz CT molecular complexity index is 836. The van der Waals surface area contributed by atoms with Gasteiger partial charge in [-0.1, -0.05) is 18.2 Å². The predicted molar refractivity (Wildman–Crippen MR) is 101 cm³/mol. The fraction of sp³-hybridized carbons (Fsp3) is 0.222. The molecule has 26 heavy (non-hydrogen) atoms. The SMILES string of the molecule is CC1=C[C@@H](C=C2C(=O)N(C)C(=S)N(C)C2=O)C(=O)N(c2ccccc2)N1. The topological polar surface area (TPSA) is 73.0 Å². The summed E-state index contributed by atoms with van der Waals surface area (Å²) < 4.78 is 0. The number of nitrogens with zero attached hydrogens (tertiary/aromatic N) is 3. The fourth-order valence-corrected chi connectivity index (χ4v) is 2.99. The van der Waals surface area contributed by atoms with Crippen molar-refractivity contribution in [1.82, 2.24) is 15.2 Å². The molecular weight excluding hydrogens is 352 g/mol. The second-order valence-electron chi connectivity index (χ2n) is 6.09. The van der Waals surface area contributed by atoms with Gasteiger partial charge in [0, 0.05) is 19.8 Å². The van der Waals surface area contributed by atoms with Crippen LogP contribution in [0.25, 0.3) is 0 Å². The van der Waals surface area contributed by atoms with Crippen LogP contribution in [-0.4, -0.2) is 46.7 Å². The highest BCUT2D eigenvalue weighted by atomic mass is 32.1. The van der Waals surface area contributed by atoms with Crippen molar-refractivity contribution in [3.8, 4) is 0 Å². The number of thiocarbonyl (C=S) groups is 1. The average Bonchev–Trinajstić information content (AvgIpc) is 2.65. The van der Waals surface area contributed by atoms with Gasteiger partial charge in [0.2, 0.25) is 0 Å². The lowest BCUT2D eigenvalue weighted by Gasteiger charge is -2.34. The molecule has 1 atom stereocenters. The summed E-state index contributed by atoms with van der Waals surface area (Å²) in [7, 11) is 3.01. The Balaban J connectivity index is 1.98. The Labute approximate surface area is 156 Å². The number of allylic oxidation sites excluding steroid dienone is 1. The molecule has 0 radical (unpaired) electrons. The van der Waals surface area contributed by atoms with Crippen LogP contribution >= 0.6 is 12.2 Å². The molecule has 8 heteroatoms. The molecule has 1 aromatic carbocycles. The third-order valence-electron chi connectivity index (χ3n) is 4.23. The maximum atomic E-state index is 12.9. The van der Waals surface area contributed by atoms with Crippen LogP contribution in [-0.2, 0) is 14.4 Å². The van der Waals surface area contributed by atoms with Gasteiger partial charge in [0.1, 0.15) is 5.57 Å². The third kappa shape index (κ3) is 2.99. The summed E-state index contributed by atoms with van der Waals surface area (Å²) in [6.45, 7) is 1.81. The summed E-state index contributed by atoms with van der Waals surface area (Å²) in [6.07, 6.45) is 3.09. The molecule has 0 aliphatic carbocycles. The number of hydrazine groups is 1. The number of hydrogen-bond donors (Lipinski definition) is 1. The predicted octanol–water partition coefficient (Wildman–Crippen LogP) is 1.20. The van der Waals surface area contributed by atoms with Crippen LogP contribution in [0.1, 0.15) is 6.92 Å². The molecule has 3 rings (SSSR count). The Morgan fingerprint density at radius 1 is 1.04 bits per heavy atom. The zero-order valence-corrected chi connectivity index (χ0v) is 15.4. The lowest BCUT2D eigenvalue weighted by atomic mass is 9.99. The smallest absolute Gasteiger partial charge is 0.265 e. The van der Waals surface area contributed by atoms with E-state index >= 15 is 0 Å². The second kappa shape index (κ2) is 6.72. The minimum atomic E-state index is -0.743. The van der Waals surface area contributed by atoms with E-state index < -0.39 is 17.7 Å². The maximum absolute atomic E-state index is 12.9. The van der Waals surface area contributed by atoms with E-state index in [4.69, 9.17) is 12.2 Å². The summed E-state index contributed by atoms with van der Waals surface area (Å²) >= 11 is 5.07. The monoisotopic (exact) mass is 370 g/mol. The Morgan fingerprint density at radius 3 is 2.19 bits per heavy atom. The fourth-order valence-electron chi connectivity index (χ4n) is 2.82. The van der Waals surface area contributed by atoms with Gasteiger partial charge in [-0.25, -0.2) is 5.01 Å². The van der Waals surface area contributed by atoms with Crippen LogP contribution in [0, 0.1) is 5.92 Å². The first-order valence-electron chi connectivity index (χ1n) is 7.97. The van der Waals surface area contributed by atoms with Gasteiger partial charge in [0.25, 0.3) is 17.7 Å². The number of benzene rings is 1. The van der Waals surface area contributed by atoms with Gasteiger partial charge in [-0.05, 0) is 43.4 Å². The standard InChI is InChI=1S/C18H18N4O3S/c1-11-9-12(15(23)22(19-11)13-7-5-4-6-8-13)10-14-16(24)20(2)18(26)21(3)17(14)25/h4-10,12,19H,1-3H3/t12-/m0/s1. The number of rotatable bonds is 2. The number of likely N-dealkylation sites (N-methyl/N-ethyl adjacent to an activating group) is 2. The lowest BCUT2D eigenvalue weighted by molar-refractivity contribution is -0.132. The van der Waals surface area contributed by atoms with Gasteiger partial charge in [-0.15, -0.1) is 0 Å². The Morgan fingerprint density at radius 2 is 1.62 bits per heavy atom. The van der Waals surface area contributed by atoms with Crippen molar-refractivity contribution >= 4 is 40.7 Å². The molecule has 1 saturated heterocycles. The number of hydrogen-bond acceptors (Lipinski definition) is 5. The maximum Gasteiger partial charge on any atom is 0.265 e. The molecule has 0 aromatic heterocycles. The lowest BCUT2D eigenvalue weighted by Crippen LogP contribution is -2.53. The molecule has 1 N–H and O–H groups in total. The Hall–Kier alpha value is -3.00. The van der Waals surface area contributed by atoms with Crippen LogP contribution in [0.2, 0.25) is 0 Å². The van der Waals surface area contributed by atoms with E-state index in [9.17, 15) is 14.4 Å². The molecular formula is C18H18N4O3S. The van der Waals surface area contributed by atoms with Gasteiger partial charge < -0.3 is 0 Å². The number of carbonyl (C=O) groups excluding carboxylic acids is 3. The normalized spacial score (nSPS) is 21.0. The quantitative estimate of drug-likeness (QED) is 0.481. The minimum absolute atomic E-state index is 0.0686. The summed E-state index contributed by atoms with van der Waals surface area (Å²) in [4.78, 5) is 40.3. The van der Waals surface area contributed by atoms with E-state index in [1.54, 1.807) is 18.2 Å². The molecule has 0 saturated carbocycles. The summed E-state index contributed by atoms with van der Waals surface area (Å²) in [5.41, 5.74) is 4.34. The first kappa shape index (κ1) is 17.8.